The van der Waals surface area contributed by atoms with E-state index in [1.54, 1.807) is 26.2 Å². The fourth-order valence-corrected chi connectivity index (χ4v) is 3.00. The van der Waals surface area contributed by atoms with Crippen LogP contribution >= 0.6 is 0 Å². The van der Waals surface area contributed by atoms with Crippen LogP contribution in [0.3, 0.4) is 0 Å². The number of ether oxygens (including phenoxy) is 1. The first-order valence-electron chi connectivity index (χ1n) is 7.79. The van der Waals surface area contributed by atoms with E-state index in [4.69, 9.17) is 4.74 Å². The zero-order valence-electron chi connectivity index (χ0n) is 13.6. The number of nitrogens with zero attached hydrogens (tertiary/aromatic N) is 2. The van der Waals surface area contributed by atoms with Crippen LogP contribution < -0.4 is 5.32 Å². The maximum Gasteiger partial charge on any atom is 0.273 e. The molecule has 1 amide bonds. The Labute approximate surface area is 135 Å². The van der Waals surface area contributed by atoms with E-state index >= 15 is 0 Å². The lowest BCUT2D eigenvalue weighted by molar-refractivity contribution is -0.385. The molecule has 1 aliphatic heterocycles. The van der Waals surface area contributed by atoms with Crippen LogP contribution in [0.25, 0.3) is 0 Å². The summed E-state index contributed by atoms with van der Waals surface area (Å²) >= 11 is 0. The minimum Gasteiger partial charge on any atom is -0.383 e. The SMILES string of the molecule is COCCN1CCC[C@H]1CNC(=O)c1cccc([N+](=O)[O-])c1C. The molecule has 7 nitrogen and oxygen atoms in total. The van der Waals surface area contributed by atoms with Crippen molar-refractivity contribution in [2.75, 3.05) is 33.4 Å². The van der Waals surface area contributed by atoms with Gasteiger partial charge in [-0.3, -0.25) is 19.8 Å². The van der Waals surface area contributed by atoms with Crippen LogP contribution in [-0.2, 0) is 4.74 Å². The Kier molecular flexibility index (Phi) is 6.06. The van der Waals surface area contributed by atoms with E-state index in [1.807, 2.05) is 0 Å². The molecule has 0 spiro atoms. The Balaban J connectivity index is 1.97. The van der Waals surface area contributed by atoms with Crippen LogP contribution in [0, 0.1) is 17.0 Å². The molecule has 0 aliphatic carbocycles. The van der Waals surface area contributed by atoms with Gasteiger partial charge in [-0.25, -0.2) is 0 Å². The first-order chi connectivity index (χ1) is 11.0. The molecule has 0 bridgehead atoms. The molecule has 1 N–H and O–H groups in total. The van der Waals surface area contributed by atoms with Gasteiger partial charge in [-0.2, -0.15) is 0 Å². The van der Waals surface area contributed by atoms with Gasteiger partial charge in [0.1, 0.15) is 0 Å². The second-order valence-corrected chi connectivity index (χ2v) is 5.74. The molecule has 1 atom stereocenters. The zero-order chi connectivity index (χ0) is 16.8. The number of methoxy groups -OCH3 is 1. The number of nitro groups is 1. The number of nitro benzene ring substituents is 1. The summed E-state index contributed by atoms with van der Waals surface area (Å²) in [5, 5.41) is 13.9. The van der Waals surface area contributed by atoms with Crippen molar-refractivity contribution in [3.8, 4) is 0 Å². The van der Waals surface area contributed by atoms with Gasteiger partial charge in [-0.05, 0) is 32.4 Å². The molecule has 0 aromatic heterocycles. The van der Waals surface area contributed by atoms with Crippen molar-refractivity contribution in [1.82, 2.24) is 10.2 Å². The van der Waals surface area contributed by atoms with Crippen molar-refractivity contribution in [3.05, 3.63) is 39.4 Å². The Morgan fingerprint density at radius 1 is 1.52 bits per heavy atom. The second kappa shape index (κ2) is 8.03. The van der Waals surface area contributed by atoms with Gasteiger partial charge in [0, 0.05) is 43.4 Å². The lowest BCUT2D eigenvalue weighted by Gasteiger charge is -2.24. The number of hydrogen-bond donors (Lipinski definition) is 1. The highest BCUT2D eigenvalue weighted by Gasteiger charge is 2.25. The molecule has 1 aliphatic rings. The summed E-state index contributed by atoms with van der Waals surface area (Å²) < 4.78 is 5.11. The fourth-order valence-electron chi connectivity index (χ4n) is 3.00. The topological polar surface area (TPSA) is 84.7 Å². The molecule has 1 fully saturated rings. The number of likely N-dealkylation sites (tertiary alicyclic amines) is 1. The number of nitrogens with one attached hydrogen (secondary N) is 1. The Bertz CT molecular complexity index is 576. The predicted octanol–water partition coefficient (Wildman–Crippen LogP) is 1.74. The summed E-state index contributed by atoms with van der Waals surface area (Å²) in [4.78, 5) is 25.2. The lowest BCUT2D eigenvalue weighted by Crippen LogP contribution is -2.41. The summed E-state index contributed by atoms with van der Waals surface area (Å²) in [5.41, 5.74) is 0.735. The van der Waals surface area contributed by atoms with Crippen LogP contribution in [0.1, 0.15) is 28.8 Å². The summed E-state index contributed by atoms with van der Waals surface area (Å²) in [7, 11) is 1.68. The van der Waals surface area contributed by atoms with Crippen molar-refractivity contribution < 1.29 is 14.5 Å². The number of carbonyl (C=O) groups is 1. The first kappa shape index (κ1) is 17.4. The molecule has 0 saturated carbocycles. The Hall–Kier alpha value is -1.99. The molecule has 1 heterocycles. The number of rotatable bonds is 7. The quantitative estimate of drug-likeness (QED) is 0.611. The van der Waals surface area contributed by atoms with Gasteiger partial charge < -0.3 is 10.1 Å². The van der Waals surface area contributed by atoms with E-state index in [0.717, 1.165) is 25.9 Å². The molecule has 23 heavy (non-hydrogen) atoms. The Morgan fingerprint density at radius 3 is 3.00 bits per heavy atom. The summed E-state index contributed by atoms with van der Waals surface area (Å²) in [6.45, 7) is 4.69. The average Bonchev–Trinajstić information content (AvgIpc) is 2.97. The molecule has 126 valence electrons. The minimum atomic E-state index is -0.463. The van der Waals surface area contributed by atoms with Gasteiger partial charge in [0.05, 0.1) is 11.5 Å². The van der Waals surface area contributed by atoms with Crippen molar-refractivity contribution in [2.24, 2.45) is 0 Å². The van der Waals surface area contributed by atoms with E-state index in [1.165, 1.54) is 6.07 Å². The van der Waals surface area contributed by atoms with E-state index < -0.39 is 4.92 Å². The number of benzene rings is 1. The fraction of sp³-hybridized carbons (Fsp3) is 0.562. The van der Waals surface area contributed by atoms with Crippen LogP contribution in [-0.4, -0.2) is 55.1 Å². The molecule has 2 rings (SSSR count). The largest absolute Gasteiger partial charge is 0.383 e. The summed E-state index contributed by atoms with van der Waals surface area (Å²) in [6, 6.07) is 4.87. The molecule has 1 saturated heterocycles. The normalized spacial score (nSPS) is 18.1. The van der Waals surface area contributed by atoms with E-state index in [2.05, 4.69) is 10.2 Å². The van der Waals surface area contributed by atoms with Crippen LogP contribution in [0.2, 0.25) is 0 Å². The molecule has 1 aromatic rings. The van der Waals surface area contributed by atoms with E-state index in [0.29, 0.717) is 30.3 Å². The first-order valence-corrected chi connectivity index (χ1v) is 7.79. The molecule has 0 radical (unpaired) electrons. The third kappa shape index (κ3) is 4.27. The van der Waals surface area contributed by atoms with Gasteiger partial charge in [0.15, 0.2) is 0 Å². The Morgan fingerprint density at radius 2 is 2.30 bits per heavy atom. The highest BCUT2D eigenvalue weighted by molar-refractivity contribution is 5.96. The highest BCUT2D eigenvalue weighted by atomic mass is 16.6. The summed E-state index contributed by atoms with van der Waals surface area (Å²) in [6.07, 6.45) is 2.15. The van der Waals surface area contributed by atoms with Crippen LogP contribution in [0.15, 0.2) is 18.2 Å². The monoisotopic (exact) mass is 321 g/mol. The lowest BCUT2D eigenvalue weighted by atomic mass is 10.1. The zero-order valence-corrected chi connectivity index (χ0v) is 13.6. The molecular weight excluding hydrogens is 298 g/mol. The number of carbonyl (C=O) groups excluding carboxylic acids is 1. The second-order valence-electron chi connectivity index (χ2n) is 5.74. The van der Waals surface area contributed by atoms with Crippen molar-refractivity contribution in [2.45, 2.75) is 25.8 Å². The number of hydrogen-bond acceptors (Lipinski definition) is 5. The third-order valence-electron chi connectivity index (χ3n) is 4.33. The van der Waals surface area contributed by atoms with Gasteiger partial charge >= 0.3 is 0 Å². The molecule has 1 aromatic carbocycles. The van der Waals surface area contributed by atoms with E-state index in [9.17, 15) is 14.9 Å². The molecular formula is C16H23N3O4. The molecule has 0 unspecified atom stereocenters. The smallest absolute Gasteiger partial charge is 0.273 e. The van der Waals surface area contributed by atoms with Crippen LogP contribution in [0.4, 0.5) is 5.69 Å². The van der Waals surface area contributed by atoms with E-state index in [-0.39, 0.29) is 11.6 Å². The van der Waals surface area contributed by atoms with Gasteiger partial charge in [-0.15, -0.1) is 0 Å². The predicted molar refractivity (Wildman–Crippen MR) is 86.6 cm³/mol. The third-order valence-corrected chi connectivity index (χ3v) is 4.33. The highest BCUT2D eigenvalue weighted by Crippen LogP contribution is 2.21. The van der Waals surface area contributed by atoms with Crippen molar-refractivity contribution >= 4 is 11.6 Å². The van der Waals surface area contributed by atoms with Crippen molar-refractivity contribution in [3.63, 3.8) is 0 Å². The molecule has 7 heteroatoms. The van der Waals surface area contributed by atoms with Gasteiger partial charge in [-0.1, -0.05) is 6.07 Å². The minimum absolute atomic E-state index is 0.0276. The maximum absolute atomic E-state index is 12.3. The van der Waals surface area contributed by atoms with Gasteiger partial charge in [0.25, 0.3) is 11.6 Å². The standard InChI is InChI=1S/C16H23N3O4/c1-12-14(6-3-7-15(12)19(21)22)16(20)17-11-13-5-4-8-18(13)9-10-23-2/h3,6-7,13H,4-5,8-11H2,1-2H3,(H,17,20)/t13-/m0/s1. The maximum atomic E-state index is 12.3. The van der Waals surface area contributed by atoms with Crippen molar-refractivity contribution in [1.29, 1.82) is 0 Å². The van der Waals surface area contributed by atoms with Gasteiger partial charge in [0.2, 0.25) is 0 Å². The number of amides is 1. The summed E-state index contributed by atoms with van der Waals surface area (Å²) in [5.74, 6) is -0.259. The average molecular weight is 321 g/mol. The van der Waals surface area contributed by atoms with Crippen LogP contribution in [0.5, 0.6) is 0 Å².